The van der Waals surface area contributed by atoms with E-state index in [-0.39, 0.29) is 18.0 Å². The van der Waals surface area contributed by atoms with Crippen LogP contribution in [-0.4, -0.2) is 18.9 Å². The third-order valence-electron chi connectivity index (χ3n) is 5.33. The van der Waals surface area contributed by atoms with E-state index in [0.29, 0.717) is 12.2 Å². The summed E-state index contributed by atoms with van der Waals surface area (Å²) >= 11 is 6.48. The number of piperidine rings is 2. The first kappa shape index (κ1) is 15.5. The Morgan fingerprint density at radius 2 is 1.83 bits per heavy atom. The van der Waals surface area contributed by atoms with E-state index < -0.39 is 0 Å². The van der Waals surface area contributed by atoms with Crippen molar-refractivity contribution in [3.63, 3.8) is 0 Å². The van der Waals surface area contributed by atoms with E-state index >= 15 is 0 Å². The van der Waals surface area contributed by atoms with Crippen LogP contribution in [0.2, 0.25) is 5.02 Å². The number of halogens is 1. The van der Waals surface area contributed by atoms with E-state index in [9.17, 15) is 4.79 Å². The van der Waals surface area contributed by atoms with E-state index in [1.54, 1.807) is 7.11 Å². The summed E-state index contributed by atoms with van der Waals surface area (Å²) in [5.74, 6) is 1.24. The van der Waals surface area contributed by atoms with Crippen LogP contribution in [0.15, 0.2) is 48.5 Å². The van der Waals surface area contributed by atoms with Crippen LogP contribution < -0.4 is 9.64 Å². The molecule has 3 nitrogen and oxygen atoms in total. The van der Waals surface area contributed by atoms with Crippen LogP contribution in [0.25, 0.3) is 0 Å². The zero-order valence-corrected chi connectivity index (χ0v) is 14.4. The lowest BCUT2D eigenvalue weighted by Gasteiger charge is -2.52. The number of benzene rings is 2. The average molecular weight is 342 g/mol. The molecule has 4 heteroatoms. The van der Waals surface area contributed by atoms with Crippen LogP contribution in [-0.2, 0) is 4.79 Å². The highest BCUT2D eigenvalue weighted by Gasteiger charge is 2.47. The van der Waals surface area contributed by atoms with Gasteiger partial charge in [-0.25, -0.2) is 0 Å². The summed E-state index contributed by atoms with van der Waals surface area (Å²) in [6.07, 6.45) is 2.65. The van der Waals surface area contributed by atoms with Crippen LogP contribution in [0.1, 0.15) is 30.9 Å². The maximum atomic E-state index is 12.5. The van der Waals surface area contributed by atoms with Gasteiger partial charge in [-0.1, -0.05) is 29.8 Å². The molecule has 1 aliphatic carbocycles. The number of nitrogens with zero attached hydrogens (tertiary/aromatic N) is 1. The Balaban J connectivity index is 1.80. The van der Waals surface area contributed by atoms with Crippen LogP contribution in [0.3, 0.4) is 0 Å². The maximum Gasteiger partial charge on any atom is 0.140 e. The third kappa shape index (κ3) is 2.48. The van der Waals surface area contributed by atoms with Crippen molar-refractivity contribution in [3.05, 3.63) is 59.1 Å². The SMILES string of the molecule is COc1ccc(N2[C@H]3CC[C@H](C(=O)C3)[C@H]2c2ccccc2Cl)cc1. The molecule has 124 valence electrons. The molecule has 0 spiro atoms. The summed E-state index contributed by atoms with van der Waals surface area (Å²) in [7, 11) is 1.67. The number of ether oxygens (including phenoxy) is 1. The average Bonchev–Trinajstić information content (AvgIpc) is 2.62. The Bertz CT molecular complexity index is 758. The topological polar surface area (TPSA) is 29.5 Å². The summed E-state index contributed by atoms with van der Waals surface area (Å²) in [5.41, 5.74) is 2.18. The molecule has 0 unspecified atom stereocenters. The second-order valence-electron chi connectivity index (χ2n) is 6.58. The number of anilines is 1. The molecule has 0 aromatic heterocycles. The molecule has 2 bridgehead atoms. The van der Waals surface area contributed by atoms with Gasteiger partial charge in [-0.2, -0.15) is 0 Å². The molecule has 0 N–H and O–H groups in total. The smallest absolute Gasteiger partial charge is 0.140 e. The maximum absolute atomic E-state index is 12.5. The van der Waals surface area contributed by atoms with Gasteiger partial charge in [0.2, 0.25) is 0 Å². The lowest BCUT2D eigenvalue weighted by Crippen LogP contribution is -2.54. The van der Waals surface area contributed by atoms with Gasteiger partial charge in [0.25, 0.3) is 0 Å². The number of carbonyl (C=O) groups is 1. The minimum atomic E-state index is 0.0205. The number of Topliss-reactive ketones (excluding diaryl/α,β-unsaturated/α-hetero) is 1. The van der Waals surface area contributed by atoms with Crippen LogP contribution >= 0.6 is 11.6 Å². The molecule has 24 heavy (non-hydrogen) atoms. The standard InChI is InChI=1S/C20H20ClNO2/c1-24-15-9-6-13(7-10-15)22-14-8-11-17(19(23)12-14)20(22)16-4-2-3-5-18(16)21/h2-7,9-10,14,17,20H,8,11-12H2,1H3/t14-,17+,20+/m0/s1. The highest BCUT2D eigenvalue weighted by atomic mass is 35.5. The number of hydrogen-bond donors (Lipinski definition) is 0. The first-order valence-corrected chi connectivity index (χ1v) is 8.76. The Kier molecular flexibility index (Phi) is 3.97. The van der Waals surface area contributed by atoms with E-state index in [1.165, 1.54) is 0 Å². The van der Waals surface area contributed by atoms with Gasteiger partial charge in [0.15, 0.2) is 0 Å². The number of methoxy groups -OCH3 is 1. The van der Waals surface area contributed by atoms with E-state index in [0.717, 1.165) is 34.9 Å². The molecule has 2 aliphatic heterocycles. The predicted molar refractivity (Wildman–Crippen MR) is 95.8 cm³/mol. The zero-order valence-electron chi connectivity index (χ0n) is 13.6. The van der Waals surface area contributed by atoms with E-state index in [4.69, 9.17) is 16.3 Å². The first-order valence-electron chi connectivity index (χ1n) is 8.38. The largest absolute Gasteiger partial charge is 0.497 e. The van der Waals surface area contributed by atoms with Crippen molar-refractivity contribution in [1.82, 2.24) is 0 Å². The Morgan fingerprint density at radius 1 is 1.08 bits per heavy atom. The van der Waals surface area contributed by atoms with E-state index in [1.807, 2.05) is 30.3 Å². The molecule has 3 fully saturated rings. The van der Waals surface area contributed by atoms with Crippen molar-refractivity contribution in [1.29, 1.82) is 0 Å². The molecule has 0 radical (unpaired) electrons. The highest BCUT2D eigenvalue weighted by Crippen LogP contribution is 2.49. The van der Waals surface area contributed by atoms with Crippen LogP contribution in [0.4, 0.5) is 5.69 Å². The van der Waals surface area contributed by atoms with Gasteiger partial charge in [0, 0.05) is 29.1 Å². The molecular weight excluding hydrogens is 322 g/mol. The second-order valence-corrected chi connectivity index (χ2v) is 6.99. The van der Waals surface area contributed by atoms with Crippen molar-refractivity contribution in [2.45, 2.75) is 31.3 Å². The zero-order chi connectivity index (χ0) is 16.7. The van der Waals surface area contributed by atoms with Crippen molar-refractivity contribution in [2.24, 2.45) is 5.92 Å². The molecule has 3 atom stereocenters. The molecule has 2 aromatic rings. The Hall–Kier alpha value is -2.00. The molecular formula is C20H20ClNO2. The Labute approximate surface area is 147 Å². The quantitative estimate of drug-likeness (QED) is 0.814. The first-order chi connectivity index (χ1) is 11.7. The fourth-order valence-electron chi connectivity index (χ4n) is 4.22. The summed E-state index contributed by atoms with van der Waals surface area (Å²) in [5, 5.41) is 0.737. The number of fused-ring (bicyclic) bond motifs is 3. The summed E-state index contributed by atoms with van der Waals surface area (Å²) < 4.78 is 5.27. The van der Waals surface area contributed by atoms with Gasteiger partial charge in [0.05, 0.1) is 13.2 Å². The number of rotatable bonds is 3. The van der Waals surface area contributed by atoms with Gasteiger partial charge >= 0.3 is 0 Å². The van der Waals surface area contributed by atoms with Gasteiger partial charge in [-0.3, -0.25) is 4.79 Å². The van der Waals surface area contributed by atoms with Crippen molar-refractivity contribution in [2.75, 3.05) is 12.0 Å². The van der Waals surface area contributed by atoms with Crippen LogP contribution in [0.5, 0.6) is 5.75 Å². The van der Waals surface area contributed by atoms with E-state index in [2.05, 4.69) is 23.1 Å². The monoisotopic (exact) mass is 341 g/mol. The Morgan fingerprint density at radius 3 is 2.50 bits per heavy atom. The van der Waals surface area contributed by atoms with Gasteiger partial charge < -0.3 is 9.64 Å². The molecule has 3 aliphatic rings. The summed E-state index contributed by atoms with van der Waals surface area (Å²) in [4.78, 5) is 14.9. The lowest BCUT2D eigenvalue weighted by molar-refractivity contribution is -0.128. The fraction of sp³-hybridized carbons (Fsp3) is 0.350. The minimum absolute atomic E-state index is 0.0205. The van der Waals surface area contributed by atoms with Gasteiger partial charge in [-0.15, -0.1) is 0 Å². The number of ketones is 1. The van der Waals surface area contributed by atoms with Crippen molar-refractivity contribution >= 4 is 23.1 Å². The van der Waals surface area contributed by atoms with Gasteiger partial charge in [-0.05, 0) is 48.7 Å². The minimum Gasteiger partial charge on any atom is -0.497 e. The summed E-state index contributed by atoms with van der Waals surface area (Å²) in [6.45, 7) is 0. The lowest BCUT2D eigenvalue weighted by atomic mass is 9.71. The fourth-order valence-corrected chi connectivity index (χ4v) is 4.47. The van der Waals surface area contributed by atoms with Crippen molar-refractivity contribution in [3.8, 4) is 5.75 Å². The van der Waals surface area contributed by atoms with Gasteiger partial charge in [0.1, 0.15) is 11.5 Å². The normalized spacial score (nSPS) is 25.8. The predicted octanol–water partition coefficient (Wildman–Crippen LogP) is 4.65. The van der Waals surface area contributed by atoms with Crippen molar-refractivity contribution < 1.29 is 9.53 Å². The molecule has 5 rings (SSSR count). The molecule has 1 saturated carbocycles. The third-order valence-corrected chi connectivity index (χ3v) is 5.67. The molecule has 2 aromatic carbocycles. The second kappa shape index (κ2) is 6.14. The highest BCUT2D eigenvalue weighted by molar-refractivity contribution is 6.31. The molecule has 2 saturated heterocycles. The summed E-state index contributed by atoms with van der Waals surface area (Å²) in [6, 6.07) is 16.3. The molecule has 0 amide bonds. The molecule has 2 heterocycles. The van der Waals surface area contributed by atoms with Crippen LogP contribution in [0, 0.1) is 5.92 Å². The number of hydrogen-bond acceptors (Lipinski definition) is 3. The number of carbonyl (C=O) groups excluding carboxylic acids is 1.